The zero-order valence-corrected chi connectivity index (χ0v) is 56.9. The van der Waals surface area contributed by atoms with Crippen LogP contribution >= 0.6 is 0 Å². The Morgan fingerprint density at radius 3 is 1.42 bits per heavy atom. The number of amides is 7. The number of aryl methyl sites for hydroxylation is 3. The molecular weight excluding hydrogens is 1200 g/mol. The Morgan fingerprint density at radius 1 is 0.458 bits per heavy atom. The molecule has 0 spiro atoms. The number of rotatable bonds is 35. The summed E-state index contributed by atoms with van der Waals surface area (Å²) in [6.07, 6.45) is 14.6. The molecule has 4 fully saturated rings. The molecule has 0 aliphatic carbocycles. The van der Waals surface area contributed by atoms with E-state index in [4.69, 9.17) is 0 Å². The Bertz CT molecular complexity index is 3080. The molecule has 0 aromatic heterocycles. The molecule has 96 heavy (non-hydrogen) atoms. The number of nitrogens with one attached hydrogen (secondary N) is 8. The molecule has 0 radical (unpaired) electrons. The van der Waals surface area contributed by atoms with Crippen LogP contribution in [0.25, 0.3) is 0 Å². The van der Waals surface area contributed by atoms with Gasteiger partial charge in [0.1, 0.15) is 36.3 Å². The average molecular weight is 1310 g/mol. The third kappa shape index (κ3) is 19.6. The van der Waals surface area contributed by atoms with Crippen molar-refractivity contribution in [1.29, 1.82) is 0 Å². The number of carbonyl (C=O) groups excluding carboxylic acids is 8. The quantitative estimate of drug-likeness (QED) is 0.0178. The van der Waals surface area contributed by atoms with Crippen molar-refractivity contribution in [1.82, 2.24) is 52.3 Å². The number of Topliss-reactive ketones (excluding diaryl/α,β-unsaturated/α-hetero) is 1. The number of fused-ring (bicyclic) bond motifs is 2. The van der Waals surface area contributed by atoms with Gasteiger partial charge < -0.3 is 52.3 Å². The predicted molar refractivity (Wildman–Crippen MR) is 375 cm³/mol. The van der Waals surface area contributed by atoms with Crippen LogP contribution in [0.4, 0.5) is 0 Å². The van der Waals surface area contributed by atoms with Crippen LogP contribution < -0.4 is 42.5 Å². The summed E-state index contributed by atoms with van der Waals surface area (Å²) in [5.41, 5.74) is 6.09. The summed E-state index contributed by atoms with van der Waals surface area (Å²) in [7, 11) is 3.48. The van der Waals surface area contributed by atoms with Gasteiger partial charge in [-0.15, -0.1) is 0 Å². The highest BCUT2D eigenvalue weighted by Crippen LogP contribution is 2.38. The summed E-state index contributed by atoms with van der Waals surface area (Å²) >= 11 is 0. The molecule has 0 unspecified atom stereocenters. The molecule has 0 bridgehead atoms. The molecule has 8 N–H and O–H groups in total. The number of unbranched alkanes of at least 4 members (excludes halogenated alkanes) is 3. The van der Waals surface area contributed by atoms with Crippen molar-refractivity contribution < 1.29 is 38.4 Å². The summed E-state index contributed by atoms with van der Waals surface area (Å²) < 4.78 is 0. The van der Waals surface area contributed by atoms with Gasteiger partial charge in [-0.05, 0) is 175 Å². The number of carbonyl (C=O) groups is 8. The number of likely N-dealkylation sites (N-methyl/N-ethyl adjacent to an activating group) is 2. The summed E-state index contributed by atoms with van der Waals surface area (Å²) in [6.45, 7) is 5.41. The van der Waals surface area contributed by atoms with E-state index in [0.29, 0.717) is 88.5 Å². The zero-order valence-electron chi connectivity index (χ0n) is 56.9. The lowest BCUT2D eigenvalue weighted by Crippen LogP contribution is -2.59. The highest BCUT2D eigenvalue weighted by atomic mass is 16.2. The number of nitrogens with zero attached hydrogens (tertiary/aromatic N) is 2. The van der Waals surface area contributed by atoms with E-state index in [0.717, 1.165) is 76.2 Å². The Hall–Kier alpha value is -8.06. The number of hydrogen-bond donors (Lipinski definition) is 8. The van der Waals surface area contributed by atoms with Crippen LogP contribution in [0.3, 0.4) is 0 Å². The first-order valence-electron chi connectivity index (χ1n) is 35.8. The lowest BCUT2D eigenvalue weighted by Gasteiger charge is -2.33. The first kappa shape index (κ1) is 72.2. The van der Waals surface area contributed by atoms with E-state index in [2.05, 4.69) is 91.1 Å². The van der Waals surface area contributed by atoms with Gasteiger partial charge in [-0.1, -0.05) is 166 Å². The molecule has 5 aromatic carbocycles. The van der Waals surface area contributed by atoms with E-state index >= 15 is 0 Å². The molecule has 0 saturated carbocycles. The van der Waals surface area contributed by atoms with E-state index < -0.39 is 48.3 Å². The molecule has 514 valence electrons. The van der Waals surface area contributed by atoms with Crippen LogP contribution in [0, 0.1) is 11.8 Å². The second-order valence-electron chi connectivity index (χ2n) is 26.9. The van der Waals surface area contributed by atoms with Gasteiger partial charge in [-0.3, -0.25) is 38.4 Å². The van der Waals surface area contributed by atoms with E-state index in [9.17, 15) is 38.4 Å². The maximum absolute atomic E-state index is 14.8. The maximum Gasteiger partial charge on any atom is 0.247 e. The van der Waals surface area contributed by atoms with Crippen LogP contribution in [0.1, 0.15) is 175 Å². The minimum absolute atomic E-state index is 0.0813. The summed E-state index contributed by atoms with van der Waals surface area (Å²) in [4.78, 5) is 118. The topological polar surface area (TPSA) is 239 Å². The van der Waals surface area contributed by atoms with Crippen LogP contribution in [-0.4, -0.2) is 132 Å². The van der Waals surface area contributed by atoms with Crippen molar-refractivity contribution in [3.8, 4) is 0 Å². The Labute approximate surface area is 568 Å². The summed E-state index contributed by atoms with van der Waals surface area (Å²) in [5.74, 6) is -2.36. The Kier molecular flexibility index (Phi) is 27.7. The number of hydrogen-bond acceptors (Lipinski definition) is 11. The molecule has 9 rings (SSSR count). The van der Waals surface area contributed by atoms with Crippen LogP contribution in [0.5, 0.6) is 0 Å². The van der Waals surface area contributed by atoms with Crippen LogP contribution in [-0.2, 0) is 64.2 Å². The van der Waals surface area contributed by atoms with Crippen molar-refractivity contribution in [2.24, 2.45) is 11.8 Å². The molecule has 5 aromatic rings. The van der Waals surface area contributed by atoms with Crippen molar-refractivity contribution >= 4 is 47.1 Å². The molecule has 12 atom stereocenters. The molecular formula is C78H104N10O8. The maximum atomic E-state index is 14.8. The molecule has 4 aliphatic rings. The third-order valence-corrected chi connectivity index (χ3v) is 20.6. The van der Waals surface area contributed by atoms with E-state index in [-0.39, 0.29) is 77.5 Å². The smallest absolute Gasteiger partial charge is 0.247 e. The second kappa shape index (κ2) is 36.9. The average Bonchev–Trinajstić information content (AvgIpc) is 1.64. The van der Waals surface area contributed by atoms with Crippen LogP contribution in [0.15, 0.2) is 146 Å². The fraction of sp³-hybridized carbons (Fsp3) is 0.513. The third-order valence-electron chi connectivity index (χ3n) is 20.6. The lowest BCUT2D eigenvalue weighted by atomic mass is 9.88. The van der Waals surface area contributed by atoms with E-state index in [1.807, 2.05) is 111 Å². The first-order valence-corrected chi connectivity index (χ1v) is 35.8. The second-order valence-corrected chi connectivity index (χ2v) is 26.9. The fourth-order valence-electron chi connectivity index (χ4n) is 15.0. The van der Waals surface area contributed by atoms with Gasteiger partial charge in [0.15, 0.2) is 5.78 Å². The van der Waals surface area contributed by atoms with Gasteiger partial charge in [0.2, 0.25) is 41.4 Å². The molecule has 7 amide bonds. The fourth-order valence-corrected chi connectivity index (χ4v) is 15.0. The molecule has 4 aliphatic heterocycles. The molecule has 18 heteroatoms. The van der Waals surface area contributed by atoms with E-state index in [1.54, 1.807) is 23.9 Å². The minimum Gasteiger partial charge on any atom is -0.354 e. The van der Waals surface area contributed by atoms with Crippen molar-refractivity contribution in [3.05, 3.63) is 179 Å². The zero-order chi connectivity index (χ0) is 67.8. The number of benzene rings is 5. The minimum atomic E-state index is -0.971. The van der Waals surface area contributed by atoms with E-state index in [1.165, 1.54) is 16.7 Å². The summed E-state index contributed by atoms with van der Waals surface area (Å²) in [5, 5.41) is 25.2. The predicted octanol–water partition coefficient (Wildman–Crippen LogP) is 8.83. The van der Waals surface area contributed by atoms with Gasteiger partial charge in [0.25, 0.3) is 0 Å². The first-order chi connectivity index (χ1) is 46.8. The molecule has 4 saturated heterocycles. The van der Waals surface area contributed by atoms with Gasteiger partial charge >= 0.3 is 0 Å². The van der Waals surface area contributed by atoms with Crippen molar-refractivity contribution in [2.45, 2.75) is 216 Å². The molecule has 4 heterocycles. The van der Waals surface area contributed by atoms with Gasteiger partial charge in [0.05, 0.1) is 12.1 Å². The molecule has 18 nitrogen and oxygen atoms in total. The van der Waals surface area contributed by atoms with Crippen LogP contribution in [0.2, 0.25) is 0 Å². The SMILES string of the molecule is CC[C@H](NC)C(=O)N[C@@H]1C(=O)N2[C@@H](CC[C@@H]1CNCc1ccccc1)CC[C@H]2C(=O)N[C@H](C(=O)CCCCCc1ccc(CCCCNC(=O)[C@@H](NC(=O)[C@@H]2CC[C@@H]3CC[C@H](CCCc4ccccc4)[C@H](NC(=O)[C@H](CC)NC)C(=O)N32)c2ccccc2)cc1)c1ccccc1. The standard InChI is InChI=1S/C78H104N10O8/c1-5-63(79-3)72(90)85-70-59(36-24-31-53-25-12-7-13-26-53)42-44-61-46-49-66(87(61)77(70)95)75(93)84-69(58-34-19-11-20-35-58)76(94)82-50-23-22-28-55-40-38-54(39-41-55)27-14-9-21-37-67(89)68(57-32-17-10-18-33-57)83-74(92)65-48-47-62-45-43-60(52-81-51-56-29-15-8-16-30-56)71(78(96)88(62)65)86-73(91)64(6-2)80-4/h7-8,10-13,15-20,25-26,29-30,32-35,38-41,59-66,68-71,79-81H,5-6,9,14,21-24,27-28,31,36-37,42-52H2,1-4H3,(H,82,94)(H,83,92)(H,84,93)(H,85,90)(H,86,91)/t59-,60+,61-,62-,63-,64-,65-,66-,68-,69-,70-,71-/m0/s1. The van der Waals surface area contributed by atoms with Crippen molar-refractivity contribution in [2.75, 3.05) is 27.2 Å². The Balaban J connectivity index is 0.725. The highest BCUT2D eigenvalue weighted by molar-refractivity contribution is 5.98. The van der Waals surface area contributed by atoms with Crippen molar-refractivity contribution in [3.63, 3.8) is 0 Å². The monoisotopic (exact) mass is 1310 g/mol. The highest BCUT2D eigenvalue weighted by Gasteiger charge is 2.50. The van der Waals surface area contributed by atoms with Gasteiger partial charge in [0, 0.05) is 44.1 Å². The summed E-state index contributed by atoms with van der Waals surface area (Å²) in [6, 6.07) is 41.3. The largest absolute Gasteiger partial charge is 0.354 e. The van der Waals surface area contributed by atoms with Gasteiger partial charge in [-0.2, -0.15) is 0 Å². The Morgan fingerprint density at radius 2 is 0.896 bits per heavy atom. The van der Waals surface area contributed by atoms with Gasteiger partial charge in [-0.25, -0.2) is 0 Å². The lowest BCUT2D eigenvalue weighted by molar-refractivity contribution is -0.144. The normalized spacial score (nSPS) is 22.1. The number of ketones is 1.